The van der Waals surface area contributed by atoms with Crippen LogP contribution in [0.1, 0.15) is 42.0 Å². The third-order valence-electron chi connectivity index (χ3n) is 3.35. The maximum absolute atomic E-state index is 12.4. The average Bonchev–Trinajstić information content (AvgIpc) is 2.46. The molecular weight excluding hydrogens is 276 g/mol. The van der Waals surface area contributed by atoms with Crippen LogP contribution in [-0.2, 0) is 0 Å². The molecule has 0 aliphatic carbocycles. The lowest BCUT2D eigenvalue weighted by Gasteiger charge is -2.13. The van der Waals surface area contributed by atoms with Crippen molar-refractivity contribution in [2.45, 2.75) is 40.2 Å². The standard InChI is InChI=1S/C17H22N4O/c1-5-12(3)18-17-19-13(4)10-15(21-17)16(22)20-14-8-6-7-11(2)9-14/h6-10,12H,5H2,1-4H3,(H,20,22)(H,18,19,21). The molecule has 0 fully saturated rings. The zero-order valence-electron chi connectivity index (χ0n) is 13.5. The van der Waals surface area contributed by atoms with E-state index in [-0.39, 0.29) is 11.9 Å². The fourth-order valence-corrected chi connectivity index (χ4v) is 1.99. The quantitative estimate of drug-likeness (QED) is 0.885. The van der Waals surface area contributed by atoms with Crippen LogP contribution in [0.25, 0.3) is 0 Å². The summed E-state index contributed by atoms with van der Waals surface area (Å²) in [5.41, 5.74) is 2.98. The molecule has 0 radical (unpaired) electrons. The van der Waals surface area contributed by atoms with E-state index in [2.05, 4.69) is 34.4 Å². The number of anilines is 2. The van der Waals surface area contributed by atoms with Crippen molar-refractivity contribution in [1.82, 2.24) is 9.97 Å². The maximum Gasteiger partial charge on any atom is 0.274 e. The van der Waals surface area contributed by atoms with Crippen molar-refractivity contribution in [3.05, 3.63) is 47.3 Å². The number of benzene rings is 1. The molecule has 1 atom stereocenters. The molecule has 1 aromatic heterocycles. The van der Waals surface area contributed by atoms with Crippen LogP contribution in [0.5, 0.6) is 0 Å². The number of aryl methyl sites for hydroxylation is 2. The van der Waals surface area contributed by atoms with Gasteiger partial charge in [-0.25, -0.2) is 9.97 Å². The SMILES string of the molecule is CCC(C)Nc1nc(C)cc(C(=O)Nc2cccc(C)c2)n1. The van der Waals surface area contributed by atoms with E-state index < -0.39 is 0 Å². The van der Waals surface area contributed by atoms with Gasteiger partial charge in [-0.1, -0.05) is 19.1 Å². The van der Waals surface area contributed by atoms with Crippen LogP contribution in [0.4, 0.5) is 11.6 Å². The van der Waals surface area contributed by atoms with Crippen molar-refractivity contribution in [3.8, 4) is 0 Å². The van der Waals surface area contributed by atoms with Gasteiger partial charge in [-0.05, 0) is 51.0 Å². The summed E-state index contributed by atoms with van der Waals surface area (Å²) in [6.45, 7) is 7.97. The van der Waals surface area contributed by atoms with Gasteiger partial charge in [0.15, 0.2) is 0 Å². The van der Waals surface area contributed by atoms with Gasteiger partial charge in [0.1, 0.15) is 5.69 Å². The Morgan fingerprint density at radius 1 is 1.23 bits per heavy atom. The molecule has 1 amide bonds. The molecule has 0 aliphatic heterocycles. The average molecular weight is 298 g/mol. The predicted octanol–water partition coefficient (Wildman–Crippen LogP) is 3.56. The van der Waals surface area contributed by atoms with Gasteiger partial charge < -0.3 is 10.6 Å². The van der Waals surface area contributed by atoms with Crippen molar-refractivity contribution >= 4 is 17.5 Å². The molecule has 1 aromatic carbocycles. The van der Waals surface area contributed by atoms with Crippen molar-refractivity contribution in [2.24, 2.45) is 0 Å². The Labute approximate surface area is 131 Å². The van der Waals surface area contributed by atoms with Crippen molar-refractivity contribution in [2.75, 3.05) is 10.6 Å². The van der Waals surface area contributed by atoms with Gasteiger partial charge in [0.2, 0.25) is 5.95 Å². The van der Waals surface area contributed by atoms with Gasteiger partial charge in [-0.15, -0.1) is 0 Å². The summed E-state index contributed by atoms with van der Waals surface area (Å²) in [5, 5.41) is 6.06. The first kappa shape index (κ1) is 15.9. The van der Waals surface area contributed by atoms with Gasteiger partial charge in [-0.3, -0.25) is 4.79 Å². The Morgan fingerprint density at radius 2 is 2.00 bits per heavy atom. The third-order valence-corrected chi connectivity index (χ3v) is 3.35. The maximum atomic E-state index is 12.4. The van der Waals surface area contributed by atoms with Crippen LogP contribution in [0.15, 0.2) is 30.3 Å². The number of aromatic nitrogens is 2. The topological polar surface area (TPSA) is 66.9 Å². The fraction of sp³-hybridized carbons (Fsp3) is 0.353. The first-order chi connectivity index (χ1) is 10.5. The van der Waals surface area contributed by atoms with Gasteiger partial charge in [-0.2, -0.15) is 0 Å². The van der Waals surface area contributed by atoms with Crippen molar-refractivity contribution < 1.29 is 4.79 Å². The van der Waals surface area contributed by atoms with Crippen LogP contribution < -0.4 is 10.6 Å². The van der Waals surface area contributed by atoms with E-state index in [0.717, 1.165) is 23.4 Å². The molecule has 22 heavy (non-hydrogen) atoms. The van der Waals surface area contributed by atoms with Crippen LogP contribution in [-0.4, -0.2) is 21.9 Å². The fourth-order valence-electron chi connectivity index (χ4n) is 1.99. The number of nitrogens with one attached hydrogen (secondary N) is 2. The van der Waals surface area contributed by atoms with Crippen LogP contribution in [0.3, 0.4) is 0 Å². The van der Waals surface area contributed by atoms with E-state index in [9.17, 15) is 4.79 Å². The monoisotopic (exact) mass is 298 g/mol. The van der Waals surface area contributed by atoms with Gasteiger partial charge in [0.25, 0.3) is 5.91 Å². The molecule has 0 spiro atoms. The Bertz CT molecular complexity index is 669. The Hall–Kier alpha value is -2.43. The van der Waals surface area contributed by atoms with Crippen LogP contribution in [0, 0.1) is 13.8 Å². The predicted molar refractivity (Wildman–Crippen MR) is 89.3 cm³/mol. The number of carbonyl (C=O) groups excluding carboxylic acids is 1. The second kappa shape index (κ2) is 7.02. The number of hydrogen-bond donors (Lipinski definition) is 2. The minimum atomic E-state index is -0.233. The van der Waals surface area contributed by atoms with Crippen LogP contribution in [0.2, 0.25) is 0 Å². The first-order valence-corrected chi connectivity index (χ1v) is 7.48. The number of nitrogens with zero attached hydrogens (tertiary/aromatic N) is 2. The second-order valence-corrected chi connectivity index (χ2v) is 5.50. The summed E-state index contributed by atoms with van der Waals surface area (Å²) in [6.07, 6.45) is 0.960. The molecule has 2 aromatic rings. The first-order valence-electron chi connectivity index (χ1n) is 7.48. The summed E-state index contributed by atoms with van der Waals surface area (Å²) in [5.74, 6) is 0.257. The van der Waals surface area contributed by atoms with E-state index in [1.165, 1.54) is 0 Å². The highest BCUT2D eigenvalue weighted by Gasteiger charge is 2.12. The molecule has 1 heterocycles. The Morgan fingerprint density at radius 3 is 2.68 bits per heavy atom. The molecule has 5 nitrogen and oxygen atoms in total. The summed E-state index contributed by atoms with van der Waals surface area (Å²) < 4.78 is 0. The van der Waals surface area contributed by atoms with E-state index >= 15 is 0 Å². The highest BCUT2D eigenvalue weighted by Crippen LogP contribution is 2.13. The molecule has 2 rings (SSSR count). The van der Waals surface area contributed by atoms with E-state index in [0.29, 0.717) is 11.6 Å². The lowest BCUT2D eigenvalue weighted by molar-refractivity contribution is 0.102. The van der Waals surface area contributed by atoms with Crippen molar-refractivity contribution in [3.63, 3.8) is 0 Å². The Balaban J connectivity index is 2.18. The Kier molecular flexibility index (Phi) is 5.09. The largest absolute Gasteiger partial charge is 0.352 e. The van der Waals surface area contributed by atoms with E-state index in [1.54, 1.807) is 6.07 Å². The number of amides is 1. The molecular formula is C17H22N4O. The van der Waals surface area contributed by atoms with Crippen molar-refractivity contribution in [1.29, 1.82) is 0 Å². The van der Waals surface area contributed by atoms with Gasteiger partial charge in [0.05, 0.1) is 0 Å². The number of hydrogen-bond acceptors (Lipinski definition) is 4. The highest BCUT2D eigenvalue weighted by molar-refractivity contribution is 6.03. The van der Waals surface area contributed by atoms with Crippen LogP contribution >= 0.6 is 0 Å². The zero-order chi connectivity index (χ0) is 16.1. The van der Waals surface area contributed by atoms with Gasteiger partial charge in [0, 0.05) is 17.4 Å². The molecule has 0 bridgehead atoms. The smallest absolute Gasteiger partial charge is 0.274 e. The summed E-state index contributed by atoms with van der Waals surface area (Å²) in [7, 11) is 0. The molecule has 0 saturated heterocycles. The summed E-state index contributed by atoms with van der Waals surface area (Å²) in [6, 6.07) is 9.62. The second-order valence-electron chi connectivity index (χ2n) is 5.50. The normalized spacial score (nSPS) is 11.8. The molecule has 0 saturated carbocycles. The molecule has 5 heteroatoms. The minimum Gasteiger partial charge on any atom is -0.352 e. The summed E-state index contributed by atoms with van der Waals surface area (Å²) >= 11 is 0. The summed E-state index contributed by atoms with van der Waals surface area (Å²) in [4.78, 5) is 21.0. The third kappa shape index (κ3) is 4.28. The molecule has 1 unspecified atom stereocenters. The zero-order valence-corrected chi connectivity index (χ0v) is 13.5. The van der Waals surface area contributed by atoms with E-state index in [4.69, 9.17) is 0 Å². The molecule has 0 aliphatic rings. The number of rotatable bonds is 5. The molecule has 2 N–H and O–H groups in total. The minimum absolute atomic E-state index is 0.233. The molecule has 116 valence electrons. The van der Waals surface area contributed by atoms with E-state index in [1.807, 2.05) is 38.1 Å². The lowest BCUT2D eigenvalue weighted by atomic mass is 10.2. The number of carbonyl (C=O) groups is 1. The van der Waals surface area contributed by atoms with Gasteiger partial charge >= 0.3 is 0 Å². The highest BCUT2D eigenvalue weighted by atomic mass is 16.1. The lowest BCUT2D eigenvalue weighted by Crippen LogP contribution is -2.19.